The van der Waals surface area contributed by atoms with E-state index < -0.39 is 32.5 Å². The molecule has 0 amide bonds. The predicted molar refractivity (Wildman–Crippen MR) is 242 cm³/mol. The van der Waals surface area contributed by atoms with Crippen LogP contribution in [0.4, 0.5) is 0 Å². The highest BCUT2D eigenvalue weighted by Crippen LogP contribution is 2.38. The number of likely N-dealkylation sites (N-methyl/N-ethyl adjacent to an activating group) is 1. The number of phosphoric acid groups is 1. The van der Waals surface area contributed by atoms with Crippen molar-refractivity contribution < 1.29 is 47.2 Å². The summed E-state index contributed by atoms with van der Waals surface area (Å²) in [5.74, 6) is -0.988. The molecule has 11 heteroatoms. The van der Waals surface area contributed by atoms with E-state index in [1.807, 2.05) is 46.3 Å². The van der Waals surface area contributed by atoms with Crippen molar-refractivity contribution in [3.8, 4) is 0 Å². The van der Waals surface area contributed by atoms with Crippen LogP contribution < -0.4 is 4.89 Å². The lowest BCUT2D eigenvalue weighted by molar-refractivity contribution is -0.870. The largest absolute Gasteiger partial charge is 0.756 e. The summed E-state index contributed by atoms with van der Waals surface area (Å²) in [6.45, 7) is 3.78. The fourth-order valence-electron chi connectivity index (χ4n) is 5.35. The second-order valence-electron chi connectivity index (χ2n) is 15.8. The van der Waals surface area contributed by atoms with Crippen molar-refractivity contribution in [2.75, 3.05) is 47.5 Å². The maximum atomic E-state index is 12.7. The second-order valence-corrected chi connectivity index (χ2v) is 17.3. The molecule has 0 heterocycles. The number of hydrogen-bond donors (Lipinski definition) is 1. The highest BCUT2D eigenvalue weighted by atomic mass is 31.2. The summed E-state index contributed by atoms with van der Waals surface area (Å²) < 4.78 is 33.7. The first-order valence-corrected chi connectivity index (χ1v) is 23.8. The van der Waals surface area contributed by atoms with Crippen molar-refractivity contribution in [3.63, 3.8) is 0 Å². The van der Waals surface area contributed by atoms with Crippen LogP contribution in [0.3, 0.4) is 0 Å². The number of quaternary nitrogens is 1. The average Bonchev–Trinajstić information content (AvgIpc) is 3.19. The molecular formula is C48H82NO9P. The minimum atomic E-state index is -4.66. The Balaban J connectivity index is 4.56. The Bertz CT molecular complexity index is 1300. The van der Waals surface area contributed by atoms with Gasteiger partial charge in [-0.25, -0.2) is 0 Å². The van der Waals surface area contributed by atoms with Crippen molar-refractivity contribution in [1.82, 2.24) is 0 Å². The number of nitrogens with zero attached hydrogens (tertiary/aromatic N) is 1. The van der Waals surface area contributed by atoms with Crippen LogP contribution in [-0.2, 0) is 32.7 Å². The van der Waals surface area contributed by atoms with Crippen molar-refractivity contribution in [1.29, 1.82) is 0 Å². The van der Waals surface area contributed by atoms with Gasteiger partial charge in [0.1, 0.15) is 19.8 Å². The Morgan fingerprint density at radius 3 is 1.58 bits per heavy atom. The third-order valence-electron chi connectivity index (χ3n) is 9.05. The molecule has 0 saturated carbocycles. The normalized spacial score (nSPS) is 14.9. The lowest BCUT2D eigenvalue weighted by Gasteiger charge is -2.28. The molecule has 0 aromatic carbocycles. The molecule has 0 fully saturated rings. The molecule has 0 aliphatic heterocycles. The van der Waals surface area contributed by atoms with Crippen molar-refractivity contribution in [2.45, 2.75) is 161 Å². The summed E-state index contributed by atoms with van der Waals surface area (Å²) in [5.41, 5.74) is 0. The van der Waals surface area contributed by atoms with Gasteiger partial charge in [0.05, 0.1) is 33.9 Å². The van der Waals surface area contributed by atoms with E-state index in [1.54, 1.807) is 0 Å². The van der Waals surface area contributed by atoms with Gasteiger partial charge in [0.2, 0.25) is 0 Å². The van der Waals surface area contributed by atoms with E-state index in [0.29, 0.717) is 30.3 Å². The van der Waals surface area contributed by atoms with Crippen LogP contribution in [0.15, 0.2) is 85.1 Å². The van der Waals surface area contributed by atoms with Gasteiger partial charge in [-0.05, 0) is 89.9 Å². The number of unbranched alkanes of at least 4 members (excludes halogenated alkanes) is 8. The van der Waals surface area contributed by atoms with Crippen molar-refractivity contribution in [2.24, 2.45) is 0 Å². The molecule has 0 aromatic heterocycles. The number of allylic oxidation sites excluding steroid dienone is 14. The summed E-state index contributed by atoms with van der Waals surface area (Å²) >= 11 is 0. The van der Waals surface area contributed by atoms with Crippen molar-refractivity contribution in [3.05, 3.63) is 85.1 Å². The standard InChI is InChI=1S/C48H82NO9P/c1-6-8-9-10-11-12-13-14-15-16-17-21-24-27-30-33-36-39-47(51)55-43-46(44-57-59(53,54)56-42-41-49(3,4)5)58-48(52)40-37-34-31-28-25-22-19-18-20-23-26-29-32-35-38-45(50)7-2/h14-15,17,19-23,27-32,45-46,50H,6-13,16,18,24-26,33-44H2,1-5H3/b15-14-,21-17-,22-19-,23-20-,30-27-,31-28-,32-29-/t45-,46-/m1/s1. The molecular weight excluding hydrogens is 765 g/mol. The second kappa shape index (κ2) is 39.3. The summed E-state index contributed by atoms with van der Waals surface area (Å²) in [4.78, 5) is 37.5. The number of hydrogen-bond acceptors (Lipinski definition) is 9. The minimum absolute atomic E-state index is 0.0593. The molecule has 0 bridgehead atoms. The van der Waals surface area contributed by atoms with E-state index in [-0.39, 0.29) is 32.2 Å². The molecule has 0 spiro atoms. The van der Waals surface area contributed by atoms with E-state index >= 15 is 0 Å². The molecule has 1 N–H and O–H groups in total. The van der Waals surface area contributed by atoms with Gasteiger partial charge in [-0.15, -0.1) is 0 Å². The SMILES string of the molecule is CCCCCCCC/C=C\C/C=C\C/C=C\CCCC(=O)OC[C@H](COP(=O)([O-])OCC[N+](C)(C)C)OC(=O)CCC/C=C\C/C=C\C/C=C\C/C=C\CC[C@H](O)CC. The summed E-state index contributed by atoms with van der Waals surface area (Å²) in [6, 6.07) is 0. The predicted octanol–water partition coefficient (Wildman–Crippen LogP) is 11.1. The minimum Gasteiger partial charge on any atom is -0.756 e. The van der Waals surface area contributed by atoms with E-state index in [4.69, 9.17) is 18.5 Å². The lowest BCUT2D eigenvalue weighted by Crippen LogP contribution is -2.37. The topological polar surface area (TPSA) is 131 Å². The zero-order valence-electron chi connectivity index (χ0n) is 37.5. The Hall–Kier alpha value is -2.85. The maximum Gasteiger partial charge on any atom is 0.306 e. The number of esters is 2. The van der Waals surface area contributed by atoms with Crippen LogP contribution in [0.1, 0.15) is 149 Å². The molecule has 0 radical (unpaired) electrons. The van der Waals surface area contributed by atoms with E-state index in [2.05, 4.69) is 73.8 Å². The van der Waals surface area contributed by atoms with Gasteiger partial charge < -0.3 is 33.0 Å². The third-order valence-corrected chi connectivity index (χ3v) is 10.0. The zero-order chi connectivity index (χ0) is 43.7. The number of carbonyl (C=O) groups is 2. The highest BCUT2D eigenvalue weighted by molar-refractivity contribution is 7.45. The van der Waals surface area contributed by atoms with E-state index in [9.17, 15) is 24.2 Å². The zero-order valence-corrected chi connectivity index (χ0v) is 38.4. The molecule has 0 aliphatic rings. The van der Waals surface area contributed by atoms with Gasteiger partial charge in [-0.2, -0.15) is 0 Å². The molecule has 3 atom stereocenters. The monoisotopic (exact) mass is 848 g/mol. The first-order chi connectivity index (χ1) is 28.4. The molecule has 0 aliphatic carbocycles. The number of aliphatic hydroxyl groups is 1. The molecule has 59 heavy (non-hydrogen) atoms. The van der Waals surface area contributed by atoms with Crippen LogP contribution >= 0.6 is 7.82 Å². The van der Waals surface area contributed by atoms with Gasteiger partial charge in [0, 0.05) is 12.8 Å². The Labute approximate surface area is 359 Å². The molecule has 10 nitrogen and oxygen atoms in total. The quantitative estimate of drug-likeness (QED) is 0.0211. The van der Waals surface area contributed by atoms with Gasteiger partial charge in [0.25, 0.3) is 7.82 Å². The van der Waals surface area contributed by atoms with Gasteiger partial charge >= 0.3 is 11.9 Å². The molecule has 338 valence electrons. The molecule has 0 aromatic rings. The number of carbonyl (C=O) groups excluding carboxylic acids is 2. The smallest absolute Gasteiger partial charge is 0.306 e. The first kappa shape index (κ1) is 56.1. The fraction of sp³-hybridized carbons (Fsp3) is 0.667. The Kier molecular flexibility index (Phi) is 37.4. The highest BCUT2D eigenvalue weighted by Gasteiger charge is 2.21. The maximum absolute atomic E-state index is 12.7. The summed E-state index contributed by atoms with van der Waals surface area (Å²) in [6.07, 6.45) is 47.1. The lowest BCUT2D eigenvalue weighted by atomic mass is 10.1. The summed E-state index contributed by atoms with van der Waals surface area (Å²) in [5, 5.41) is 9.57. The molecule has 1 unspecified atom stereocenters. The van der Waals surface area contributed by atoms with Crippen LogP contribution in [0.25, 0.3) is 0 Å². The summed E-state index contributed by atoms with van der Waals surface area (Å²) in [7, 11) is 1.07. The number of ether oxygens (including phenoxy) is 2. The molecule has 0 rings (SSSR count). The Morgan fingerprint density at radius 1 is 0.610 bits per heavy atom. The fourth-order valence-corrected chi connectivity index (χ4v) is 6.08. The van der Waals surface area contributed by atoms with E-state index in [0.717, 1.165) is 64.2 Å². The third kappa shape index (κ3) is 43.1. The van der Waals surface area contributed by atoms with Gasteiger partial charge in [0.15, 0.2) is 6.10 Å². The first-order valence-electron chi connectivity index (χ1n) is 22.4. The van der Waals surface area contributed by atoms with Crippen LogP contribution in [0.2, 0.25) is 0 Å². The molecule has 0 saturated heterocycles. The Morgan fingerprint density at radius 2 is 1.07 bits per heavy atom. The van der Waals surface area contributed by atoms with Crippen LogP contribution in [-0.4, -0.2) is 81.2 Å². The van der Waals surface area contributed by atoms with Crippen LogP contribution in [0.5, 0.6) is 0 Å². The number of aliphatic hydroxyl groups excluding tert-OH is 1. The van der Waals surface area contributed by atoms with Crippen molar-refractivity contribution >= 4 is 19.8 Å². The van der Waals surface area contributed by atoms with E-state index in [1.165, 1.54) is 38.5 Å². The van der Waals surface area contributed by atoms with Crippen LogP contribution in [0, 0.1) is 0 Å². The van der Waals surface area contributed by atoms with Gasteiger partial charge in [-0.1, -0.05) is 131 Å². The number of rotatable bonds is 39. The van der Waals surface area contributed by atoms with Gasteiger partial charge in [-0.3, -0.25) is 14.2 Å². The number of phosphoric ester groups is 1. The average molecular weight is 848 g/mol.